The Morgan fingerprint density at radius 2 is 1.70 bits per heavy atom. The highest BCUT2D eigenvalue weighted by atomic mass is 32.2. The number of rotatable bonds is 5. The number of hydrogen-bond donors (Lipinski definition) is 2. The van der Waals surface area contributed by atoms with Gasteiger partial charge in [-0.3, -0.25) is 4.98 Å². The summed E-state index contributed by atoms with van der Waals surface area (Å²) in [5.74, 6) is 1.50. The number of benzene rings is 2. The van der Waals surface area contributed by atoms with Crippen LogP contribution in [-0.4, -0.2) is 17.1 Å². The molecule has 154 valence electrons. The van der Waals surface area contributed by atoms with E-state index in [0.29, 0.717) is 12.0 Å². The molecule has 4 nitrogen and oxygen atoms in total. The second kappa shape index (κ2) is 8.68. The lowest BCUT2D eigenvalue weighted by molar-refractivity contribution is 0.249. The summed E-state index contributed by atoms with van der Waals surface area (Å²) < 4.78 is 0. The Hall–Kier alpha value is -2.53. The summed E-state index contributed by atoms with van der Waals surface area (Å²) in [6.45, 7) is 0. The van der Waals surface area contributed by atoms with E-state index in [1.165, 1.54) is 37.0 Å². The Kier molecular flexibility index (Phi) is 5.63. The summed E-state index contributed by atoms with van der Waals surface area (Å²) in [4.78, 5) is 19.1. The number of anilines is 1. The predicted octanol–water partition coefficient (Wildman–Crippen LogP) is 6.48. The quantitative estimate of drug-likeness (QED) is 0.500. The normalized spacial score (nSPS) is 21.3. The van der Waals surface area contributed by atoms with Gasteiger partial charge in [0.25, 0.3) is 0 Å². The van der Waals surface area contributed by atoms with Crippen LogP contribution < -0.4 is 10.6 Å². The van der Waals surface area contributed by atoms with Crippen molar-refractivity contribution >= 4 is 34.3 Å². The van der Waals surface area contributed by atoms with Crippen molar-refractivity contribution in [2.75, 3.05) is 5.32 Å². The molecule has 5 heteroatoms. The van der Waals surface area contributed by atoms with Gasteiger partial charge in [0.05, 0.1) is 5.69 Å². The molecule has 3 aromatic rings. The lowest BCUT2D eigenvalue weighted by Gasteiger charge is -2.21. The molecule has 2 atom stereocenters. The van der Waals surface area contributed by atoms with Crippen LogP contribution in [0.5, 0.6) is 0 Å². The van der Waals surface area contributed by atoms with Crippen LogP contribution in [0.15, 0.2) is 70.7 Å². The number of nitrogens with zero attached hydrogens (tertiary/aromatic N) is 1. The van der Waals surface area contributed by atoms with Crippen molar-refractivity contribution in [1.29, 1.82) is 0 Å². The lowest BCUT2D eigenvalue weighted by atomic mass is 9.85. The Bertz CT molecular complexity index is 1030. The van der Waals surface area contributed by atoms with E-state index in [0.717, 1.165) is 33.7 Å². The number of pyridine rings is 1. The molecule has 2 N–H and O–H groups in total. The molecule has 0 bridgehead atoms. The Morgan fingerprint density at radius 1 is 0.933 bits per heavy atom. The van der Waals surface area contributed by atoms with Crippen LogP contribution >= 0.6 is 11.8 Å². The molecule has 1 heterocycles. The fourth-order valence-corrected chi connectivity index (χ4v) is 5.73. The minimum atomic E-state index is -0.0852. The summed E-state index contributed by atoms with van der Waals surface area (Å²) in [5, 5.41) is 8.51. The van der Waals surface area contributed by atoms with Gasteiger partial charge in [-0.2, -0.15) is 0 Å². The van der Waals surface area contributed by atoms with Crippen molar-refractivity contribution in [2.45, 2.75) is 54.4 Å². The van der Waals surface area contributed by atoms with E-state index < -0.39 is 0 Å². The van der Waals surface area contributed by atoms with Gasteiger partial charge in [0.15, 0.2) is 0 Å². The third-order valence-electron chi connectivity index (χ3n) is 6.42. The van der Waals surface area contributed by atoms with Gasteiger partial charge >= 0.3 is 6.03 Å². The van der Waals surface area contributed by atoms with E-state index in [9.17, 15) is 4.79 Å². The van der Waals surface area contributed by atoms with Crippen molar-refractivity contribution in [3.05, 3.63) is 60.9 Å². The third kappa shape index (κ3) is 4.31. The maximum absolute atomic E-state index is 12.7. The van der Waals surface area contributed by atoms with Crippen molar-refractivity contribution in [3.63, 3.8) is 0 Å². The first-order chi connectivity index (χ1) is 14.8. The van der Waals surface area contributed by atoms with Crippen LogP contribution in [0.2, 0.25) is 0 Å². The largest absolute Gasteiger partial charge is 0.335 e. The first kappa shape index (κ1) is 19.4. The van der Waals surface area contributed by atoms with Crippen LogP contribution in [0, 0.1) is 11.8 Å². The van der Waals surface area contributed by atoms with E-state index >= 15 is 0 Å². The molecule has 5 rings (SSSR count). The van der Waals surface area contributed by atoms with Crippen molar-refractivity contribution in [3.8, 4) is 0 Å². The zero-order valence-electron chi connectivity index (χ0n) is 17.0. The van der Waals surface area contributed by atoms with Gasteiger partial charge in [0, 0.05) is 33.6 Å². The molecule has 2 aliphatic carbocycles. The number of amides is 2. The molecule has 2 amide bonds. The molecule has 0 aliphatic heterocycles. The fourth-order valence-electron chi connectivity index (χ4n) is 4.79. The summed E-state index contributed by atoms with van der Waals surface area (Å²) in [6.07, 6.45) is 11.5. The Labute approximate surface area is 181 Å². The van der Waals surface area contributed by atoms with Crippen LogP contribution in [0.25, 0.3) is 10.8 Å². The molecule has 2 aliphatic rings. The van der Waals surface area contributed by atoms with E-state index in [4.69, 9.17) is 0 Å². The number of carbonyl (C=O) groups excluding carboxylic acids is 1. The van der Waals surface area contributed by atoms with Gasteiger partial charge in [-0.1, -0.05) is 68.1 Å². The molecular formula is C25H27N3OS. The van der Waals surface area contributed by atoms with Gasteiger partial charge < -0.3 is 10.6 Å². The third-order valence-corrected chi connectivity index (χ3v) is 7.51. The molecule has 2 saturated carbocycles. The second-order valence-corrected chi connectivity index (χ2v) is 9.56. The Morgan fingerprint density at radius 3 is 2.50 bits per heavy atom. The number of nitrogens with one attached hydrogen (secondary N) is 2. The molecule has 2 unspecified atom stereocenters. The highest BCUT2D eigenvalue weighted by molar-refractivity contribution is 7.99. The number of hydrogen-bond acceptors (Lipinski definition) is 3. The summed E-state index contributed by atoms with van der Waals surface area (Å²) >= 11 is 1.71. The minimum Gasteiger partial charge on any atom is -0.335 e. The maximum atomic E-state index is 12.7. The fraction of sp³-hybridized carbons (Fsp3) is 0.360. The molecule has 1 aromatic heterocycles. The summed E-state index contributed by atoms with van der Waals surface area (Å²) in [5.41, 5.74) is 0.858. The van der Waals surface area contributed by atoms with Crippen LogP contribution in [0.3, 0.4) is 0 Å². The molecule has 2 fully saturated rings. The number of carbonyl (C=O) groups is 1. The molecule has 2 aromatic carbocycles. The number of aromatic nitrogens is 1. The monoisotopic (exact) mass is 417 g/mol. The van der Waals surface area contributed by atoms with Gasteiger partial charge in [-0.05, 0) is 47.9 Å². The van der Waals surface area contributed by atoms with E-state index in [2.05, 4.69) is 33.8 Å². The zero-order chi connectivity index (χ0) is 20.3. The van der Waals surface area contributed by atoms with Crippen LogP contribution in [-0.2, 0) is 0 Å². The topological polar surface area (TPSA) is 54.0 Å². The lowest BCUT2D eigenvalue weighted by Crippen LogP contribution is -2.32. The average Bonchev–Trinajstić information content (AvgIpc) is 3.56. The molecular weight excluding hydrogens is 390 g/mol. The first-order valence-corrected chi connectivity index (χ1v) is 11.8. The predicted molar refractivity (Wildman–Crippen MR) is 123 cm³/mol. The van der Waals surface area contributed by atoms with E-state index in [-0.39, 0.29) is 6.03 Å². The zero-order valence-corrected chi connectivity index (χ0v) is 17.8. The van der Waals surface area contributed by atoms with Gasteiger partial charge in [-0.25, -0.2) is 4.79 Å². The molecule has 0 saturated heterocycles. The van der Waals surface area contributed by atoms with Gasteiger partial charge in [-0.15, -0.1) is 0 Å². The van der Waals surface area contributed by atoms with E-state index in [1.807, 2.05) is 42.7 Å². The SMILES string of the molecule is O=C(Nc1ccc(Sc2ccncc2)c2ccccc12)NC1CC1C1CCCCC1. The van der Waals surface area contributed by atoms with Gasteiger partial charge in [0.2, 0.25) is 0 Å². The standard InChI is InChI=1S/C25H27N3OS/c29-25(28-23-16-21(23)17-6-2-1-3-7-17)27-22-10-11-24(20-9-5-4-8-19(20)22)30-18-12-14-26-15-13-18/h4-5,8-15,17,21,23H,1-3,6-7,16H2,(H2,27,28,29). The minimum absolute atomic E-state index is 0.0852. The van der Waals surface area contributed by atoms with Crippen molar-refractivity contribution < 1.29 is 4.79 Å². The Balaban J connectivity index is 1.28. The summed E-state index contributed by atoms with van der Waals surface area (Å²) in [7, 11) is 0. The molecule has 30 heavy (non-hydrogen) atoms. The van der Waals surface area contributed by atoms with Crippen molar-refractivity contribution in [1.82, 2.24) is 10.3 Å². The maximum Gasteiger partial charge on any atom is 0.319 e. The summed E-state index contributed by atoms with van der Waals surface area (Å²) in [6, 6.07) is 16.6. The highest BCUT2D eigenvalue weighted by Gasteiger charge is 2.43. The van der Waals surface area contributed by atoms with Gasteiger partial charge in [0.1, 0.15) is 0 Å². The smallest absolute Gasteiger partial charge is 0.319 e. The molecule has 0 radical (unpaired) electrons. The number of fused-ring (bicyclic) bond motifs is 1. The first-order valence-electron chi connectivity index (χ1n) is 10.9. The highest BCUT2D eigenvalue weighted by Crippen LogP contribution is 2.44. The van der Waals surface area contributed by atoms with Crippen molar-refractivity contribution in [2.24, 2.45) is 11.8 Å². The second-order valence-electron chi connectivity index (χ2n) is 8.44. The number of urea groups is 1. The van der Waals surface area contributed by atoms with E-state index in [1.54, 1.807) is 11.8 Å². The average molecular weight is 418 g/mol. The van der Waals surface area contributed by atoms with Crippen LogP contribution in [0.1, 0.15) is 38.5 Å². The van der Waals surface area contributed by atoms with Crippen LogP contribution in [0.4, 0.5) is 10.5 Å². The molecule has 0 spiro atoms.